The van der Waals surface area contributed by atoms with Crippen LogP contribution in [0.4, 0.5) is 0 Å². The second kappa shape index (κ2) is 11.1. The summed E-state index contributed by atoms with van der Waals surface area (Å²) in [6.45, 7) is 0. The minimum Gasteiger partial charge on any atom is -0.455 e. The van der Waals surface area contributed by atoms with E-state index < -0.39 is 0 Å². The largest absolute Gasteiger partial charge is 0.455 e. The molecule has 1 nitrogen and oxygen atoms in total. The van der Waals surface area contributed by atoms with Crippen LogP contribution < -0.4 is 0 Å². The quantitative estimate of drug-likeness (QED) is 0.178. The summed E-state index contributed by atoms with van der Waals surface area (Å²) in [7, 11) is 0. The summed E-state index contributed by atoms with van der Waals surface area (Å²) in [6.07, 6.45) is 0. The van der Waals surface area contributed by atoms with Crippen LogP contribution >= 0.6 is 0 Å². The molecule has 1 heteroatoms. The Morgan fingerprint density at radius 2 is 0.714 bits per heavy atom. The Bertz CT molecular complexity index is 2800. The van der Waals surface area contributed by atoms with E-state index in [-0.39, 0.29) is 0 Å². The molecule has 0 saturated heterocycles. The predicted molar refractivity (Wildman–Crippen MR) is 208 cm³/mol. The second-order valence-corrected chi connectivity index (χ2v) is 12.8. The molecule has 0 saturated carbocycles. The van der Waals surface area contributed by atoms with Gasteiger partial charge in [-0.2, -0.15) is 0 Å². The van der Waals surface area contributed by atoms with Crippen molar-refractivity contribution in [2.75, 3.05) is 0 Å². The molecule has 1 aromatic heterocycles. The van der Waals surface area contributed by atoms with Gasteiger partial charge in [0.05, 0.1) is 0 Å². The van der Waals surface area contributed by atoms with Crippen molar-refractivity contribution in [3.8, 4) is 44.5 Å². The number of furan rings is 1. The van der Waals surface area contributed by atoms with Crippen molar-refractivity contribution in [1.29, 1.82) is 0 Å². The number of para-hydroxylation sites is 1. The lowest BCUT2D eigenvalue weighted by Crippen LogP contribution is -1.93. The van der Waals surface area contributed by atoms with Crippen molar-refractivity contribution in [2.24, 2.45) is 0 Å². The van der Waals surface area contributed by atoms with Gasteiger partial charge in [-0.15, -0.1) is 0 Å². The maximum atomic E-state index is 6.75. The summed E-state index contributed by atoms with van der Waals surface area (Å²) >= 11 is 0. The normalized spacial score (nSPS) is 11.7. The molecule has 0 bridgehead atoms. The molecule has 9 aromatic carbocycles. The third-order valence-corrected chi connectivity index (χ3v) is 10.1. The van der Waals surface area contributed by atoms with Crippen LogP contribution in [0.2, 0.25) is 0 Å². The Labute approximate surface area is 284 Å². The maximum absolute atomic E-state index is 6.75. The van der Waals surface area contributed by atoms with Gasteiger partial charge < -0.3 is 4.42 Å². The predicted octanol–water partition coefficient (Wildman–Crippen LogP) is 13.7. The average Bonchev–Trinajstić information content (AvgIpc) is 3.56. The Kier molecular flexibility index (Phi) is 6.25. The lowest BCUT2D eigenvalue weighted by Gasteiger charge is -2.20. The van der Waals surface area contributed by atoms with Gasteiger partial charge in [-0.3, -0.25) is 0 Å². The highest BCUT2D eigenvalue weighted by Crippen LogP contribution is 2.49. The average molecular weight is 623 g/mol. The lowest BCUT2D eigenvalue weighted by molar-refractivity contribution is 0.670. The molecule has 0 amide bonds. The van der Waals surface area contributed by atoms with Gasteiger partial charge in [0.1, 0.15) is 11.2 Å². The minimum atomic E-state index is 0.902. The molecule has 0 atom stereocenters. The van der Waals surface area contributed by atoms with Gasteiger partial charge in [0.2, 0.25) is 0 Å². The van der Waals surface area contributed by atoms with Gasteiger partial charge in [0, 0.05) is 21.9 Å². The molecule has 49 heavy (non-hydrogen) atoms. The van der Waals surface area contributed by atoms with Gasteiger partial charge in [-0.05, 0) is 83.9 Å². The molecule has 0 spiro atoms. The fourth-order valence-electron chi connectivity index (χ4n) is 7.91. The number of benzene rings is 9. The first-order valence-corrected chi connectivity index (χ1v) is 16.9. The molecule has 10 aromatic rings. The third-order valence-electron chi connectivity index (χ3n) is 10.1. The van der Waals surface area contributed by atoms with Crippen LogP contribution in [0.25, 0.3) is 98.8 Å². The lowest BCUT2D eigenvalue weighted by atomic mass is 9.83. The highest BCUT2D eigenvalue weighted by Gasteiger charge is 2.22. The maximum Gasteiger partial charge on any atom is 0.143 e. The van der Waals surface area contributed by atoms with Gasteiger partial charge in [-0.1, -0.05) is 164 Å². The zero-order chi connectivity index (χ0) is 32.3. The van der Waals surface area contributed by atoms with Gasteiger partial charge in [0.25, 0.3) is 0 Å². The summed E-state index contributed by atoms with van der Waals surface area (Å²) in [6, 6.07) is 65.7. The van der Waals surface area contributed by atoms with E-state index in [1.165, 1.54) is 71.3 Å². The van der Waals surface area contributed by atoms with Crippen LogP contribution in [-0.2, 0) is 0 Å². The van der Waals surface area contributed by atoms with E-state index in [0.717, 1.165) is 27.5 Å². The molecule has 0 fully saturated rings. The van der Waals surface area contributed by atoms with Crippen LogP contribution in [-0.4, -0.2) is 0 Å². The zero-order valence-electron chi connectivity index (χ0n) is 26.7. The Morgan fingerprint density at radius 1 is 0.265 bits per heavy atom. The first-order chi connectivity index (χ1) is 24.3. The van der Waals surface area contributed by atoms with Crippen molar-refractivity contribution in [3.63, 3.8) is 0 Å². The van der Waals surface area contributed by atoms with Crippen LogP contribution in [0.1, 0.15) is 0 Å². The monoisotopic (exact) mass is 622 g/mol. The molecule has 1 heterocycles. The molecule has 0 unspecified atom stereocenters. The summed E-state index contributed by atoms with van der Waals surface area (Å²) in [5.41, 5.74) is 11.4. The van der Waals surface area contributed by atoms with Crippen LogP contribution in [0.5, 0.6) is 0 Å². The number of fused-ring (bicyclic) bond motifs is 6. The van der Waals surface area contributed by atoms with Crippen LogP contribution in [0.3, 0.4) is 0 Å². The third kappa shape index (κ3) is 4.33. The molecule has 0 aliphatic heterocycles. The highest BCUT2D eigenvalue weighted by atomic mass is 16.3. The fourth-order valence-corrected chi connectivity index (χ4v) is 7.91. The summed E-state index contributed by atoms with van der Waals surface area (Å²) in [5.74, 6) is 0. The molecular formula is C48H30O. The first kappa shape index (κ1) is 27.7. The summed E-state index contributed by atoms with van der Waals surface area (Å²) in [5, 5.41) is 9.63. The van der Waals surface area contributed by atoms with E-state index in [4.69, 9.17) is 4.42 Å². The summed E-state index contributed by atoms with van der Waals surface area (Å²) < 4.78 is 6.75. The Hall–Kier alpha value is -6.44. The summed E-state index contributed by atoms with van der Waals surface area (Å²) in [4.78, 5) is 0. The van der Waals surface area contributed by atoms with E-state index in [0.29, 0.717) is 0 Å². The number of hydrogen-bond acceptors (Lipinski definition) is 1. The van der Waals surface area contributed by atoms with Crippen molar-refractivity contribution >= 4 is 54.3 Å². The molecule has 10 rings (SSSR count). The molecule has 0 aliphatic rings. The molecular weight excluding hydrogens is 593 g/mol. The first-order valence-electron chi connectivity index (χ1n) is 16.9. The minimum absolute atomic E-state index is 0.902. The van der Waals surface area contributed by atoms with Gasteiger partial charge >= 0.3 is 0 Å². The zero-order valence-corrected chi connectivity index (χ0v) is 26.7. The SMILES string of the molecule is c1ccc(-c2cc(-c3c4ccccc4c(-c4ccc(-c5ccccc5)c5ccccc45)c4ccccc34)c3oc4ccccc4c3c2)cc1. The van der Waals surface area contributed by atoms with E-state index in [9.17, 15) is 0 Å². The van der Waals surface area contributed by atoms with Crippen molar-refractivity contribution in [1.82, 2.24) is 0 Å². The Morgan fingerprint density at radius 3 is 1.33 bits per heavy atom. The smallest absolute Gasteiger partial charge is 0.143 e. The van der Waals surface area contributed by atoms with Crippen LogP contribution in [0.15, 0.2) is 186 Å². The van der Waals surface area contributed by atoms with E-state index in [1.807, 2.05) is 0 Å². The van der Waals surface area contributed by atoms with E-state index >= 15 is 0 Å². The van der Waals surface area contributed by atoms with Gasteiger partial charge in [0.15, 0.2) is 0 Å². The molecule has 0 N–H and O–H groups in total. The molecule has 0 aliphatic carbocycles. The van der Waals surface area contributed by atoms with Crippen molar-refractivity contribution in [3.05, 3.63) is 182 Å². The van der Waals surface area contributed by atoms with E-state index in [2.05, 4.69) is 182 Å². The fraction of sp³-hybridized carbons (Fsp3) is 0. The van der Waals surface area contributed by atoms with Crippen LogP contribution in [0, 0.1) is 0 Å². The Balaban J connectivity index is 1.33. The highest BCUT2D eigenvalue weighted by molar-refractivity contribution is 6.26. The van der Waals surface area contributed by atoms with E-state index in [1.54, 1.807) is 0 Å². The van der Waals surface area contributed by atoms with Crippen molar-refractivity contribution in [2.45, 2.75) is 0 Å². The molecule has 228 valence electrons. The topological polar surface area (TPSA) is 13.1 Å². The standard InChI is InChI=1S/C48H30O/c1-3-15-31(16-4-1)33-29-43-37-21-13-14-26-45(37)49-48(43)44(30-33)47-40-24-11-9-22-38(40)46(39-23-10-12-25-41(39)47)42-28-27-34(32-17-5-2-6-18-32)35-19-7-8-20-36(35)42/h1-30H. The van der Waals surface area contributed by atoms with Gasteiger partial charge in [-0.25, -0.2) is 0 Å². The number of rotatable bonds is 4. The molecule has 0 radical (unpaired) electrons. The number of hydrogen-bond donors (Lipinski definition) is 0. The second-order valence-electron chi connectivity index (χ2n) is 12.8. The van der Waals surface area contributed by atoms with Crippen molar-refractivity contribution < 1.29 is 4.42 Å².